The highest BCUT2D eigenvalue weighted by Crippen LogP contribution is 2.23. The molecule has 1 rings (SSSR count). The Hall–Kier alpha value is -1.91. The van der Waals surface area contributed by atoms with E-state index in [4.69, 9.17) is 5.11 Å². The Kier molecular flexibility index (Phi) is 4.20. The van der Waals surface area contributed by atoms with Crippen LogP contribution in [0, 0.1) is 5.82 Å². The number of aliphatic carboxylic acids is 1. The lowest BCUT2D eigenvalue weighted by molar-refractivity contribution is -0.142. The summed E-state index contributed by atoms with van der Waals surface area (Å²) in [6.45, 7) is 0. The van der Waals surface area contributed by atoms with Gasteiger partial charge in [0.2, 0.25) is 5.91 Å². The van der Waals surface area contributed by atoms with Crippen molar-refractivity contribution in [2.45, 2.75) is 12.3 Å². The van der Waals surface area contributed by atoms with Crippen LogP contribution in [0.2, 0.25) is 0 Å². The molecule has 0 spiro atoms. The van der Waals surface area contributed by atoms with E-state index >= 15 is 0 Å². The van der Waals surface area contributed by atoms with E-state index in [2.05, 4.69) is 0 Å². The molecule has 17 heavy (non-hydrogen) atoms. The van der Waals surface area contributed by atoms with Gasteiger partial charge in [-0.3, -0.25) is 9.59 Å². The van der Waals surface area contributed by atoms with Gasteiger partial charge >= 0.3 is 5.97 Å². The second-order valence-electron chi connectivity index (χ2n) is 3.90. The molecule has 0 aliphatic heterocycles. The normalized spacial score (nSPS) is 11.9. The standard InChI is InChI=1S/C12H14FNO3/c1-14(2)11(15)7-9(12(16)17)8-5-3-4-6-10(8)13/h3-6,9H,7H2,1-2H3,(H,16,17). The summed E-state index contributed by atoms with van der Waals surface area (Å²) < 4.78 is 13.5. The Morgan fingerprint density at radius 1 is 1.35 bits per heavy atom. The second-order valence-corrected chi connectivity index (χ2v) is 3.90. The third kappa shape index (κ3) is 3.27. The Balaban J connectivity index is 2.99. The Morgan fingerprint density at radius 3 is 2.41 bits per heavy atom. The van der Waals surface area contributed by atoms with Crippen molar-refractivity contribution in [3.63, 3.8) is 0 Å². The molecule has 1 amide bonds. The van der Waals surface area contributed by atoms with Gasteiger partial charge in [0.05, 0.1) is 5.92 Å². The zero-order valence-electron chi connectivity index (χ0n) is 9.68. The van der Waals surface area contributed by atoms with Gasteiger partial charge in [-0.1, -0.05) is 18.2 Å². The molecular formula is C12H14FNO3. The van der Waals surface area contributed by atoms with Crippen LogP contribution in [-0.4, -0.2) is 36.0 Å². The van der Waals surface area contributed by atoms with E-state index < -0.39 is 17.7 Å². The average molecular weight is 239 g/mol. The van der Waals surface area contributed by atoms with Crippen molar-refractivity contribution < 1.29 is 19.1 Å². The highest BCUT2D eigenvalue weighted by atomic mass is 19.1. The summed E-state index contributed by atoms with van der Waals surface area (Å²) in [7, 11) is 3.06. The van der Waals surface area contributed by atoms with Crippen molar-refractivity contribution in [3.05, 3.63) is 35.6 Å². The maximum atomic E-state index is 13.5. The van der Waals surface area contributed by atoms with Crippen LogP contribution in [0.4, 0.5) is 4.39 Å². The van der Waals surface area contributed by atoms with Crippen LogP contribution in [0.25, 0.3) is 0 Å². The summed E-state index contributed by atoms with van der Waals surface area (Å²) in [6.07, 6.45) is -0.247. The third-order valence-electron chi connectivity index (χ3n) is 2.46. The van der Waals surface area contributed by atoms with Crippen molar-refractivity contribution in [2.24, 2.45) is 0 Å². The molecule has 0 radical (unpaired) electrons. The predicted molar refractivity (Wildman–Crippen MR) is 60.1 cm³/mol. The number of hydrogen-bond donors (Lipinski definition) is 1. The van der Waals surface area contributed by atoms with Crippen LogP contribution in [0.1, 0.15) is 17.9 Å². The zero-order chi connectivity index (χ0) is 13.0. The maximum Gasteiger partial charge on any atom is 0.311 e. The monoisotopic (exact) mass is 239 g/mol. The molecule has 5 heteroatoms. The summed E-state index contributed by atoms with van der Waals surface area (Å²) >= 11 is 0. The largest absolute Gasteiger partial charge is 0.481 e. The van der Waals surface area contributed by atoms with Gasteiger partial charge in [-0.2, -0.15) is 0 Å². The first kappa shape index (κ1) is 13.2. The summed E-state index contributed by atoms with van der Waals surface area (Å²) in [6, 6.07) is 5.60. The van der Waals surface area contributed by atoms with E-state index in [1.807, 2.05) is 0 Å². The van der Waals surface area contributed by atoms with E-state index in [-0.39, 0.29) is 17.9 Å². The topological polar surface area (TPSA) is 57.6 Å². The number of halogens is 1. The molecule has 0 fully saturated rings. The van der Waals surface area contributed by atoms with Gasteiger partial charge in [0.15, 0.2) is 0 Å². The van der Waals surface area contributed by atoms with Crippen molar-refractivity contribution in [3.8, 4) is 0 Å². The molecule has 1 aromatic carbocycles. The molecule has 0 saturated heterocycles. The van der Waals surface area contributed by atoms with E-state index in [0.29, 0.717) is 0 Å². The number of rotatable bonds is 4. The molecular weight excluding hydrogens is 225 g/mol. The van der Waals surface area contributed by atoms with Gasteiger partial charge in [0.25, 0.3) is 0 Å². The lowest BCUT2D eigenvalue weighted by atomic mass is 9.95. The number of carbonyl (C=O) groups is 2. The fraction of sp³-hybridized carbons (Fsp3) is 0.333. The summed E-state index contributed by atoms with van der Waals surface area (Å²) in [5.41, 5.74) is 0.0372. The van der Waals surface area contributed by atoms with Crippen LogP contribution < -0.4 is 0 Å². The minimum absolute atomic E-state index is 0.0372. The molecule has 1 aromatic rings. The van der Waals surface area contributed by atoms with Crippen molar-refractivity contribution in [2.75, 3.05) is 14.1 Å². The summed E-state index contributed by atoms with van der Waals surface area (Å²) in [4.78, 5) is 23.8. The van der Waals surface area contributed by atoms with Crippen molar-refractivity contribution in [1.29, 1.82) is 0 Å². The Labute approximate surface area is 98.7 Å². The number of amides is 1. The molecule has 0 aliphatic carbocycles. The van der Waals surface area contributed by atoms with Gasteiger partial charge in [-0.05, 0) is 6.07 Å². The van der Waals surface area contributed by atoms with E-state index in [1.54, 1.807) is 6.07 Å². The van der Waals surface area contributed by atoms with Gasteiger partial charge in [0.1, 0.15) is 5.82 Å². The van der Waals surface area contributed by atoms with Gasteiger partial charge in [-0.15, -0.1) is 0 Å². The van der Waals surface area contributed by atoms with Gasteiger partial charge < -0.3 is 10.0 Å². The lowest BCUT2D eigenvalue weighted by Gasteiger charge is -2.16. The number of carbonyl (C=O) groups excluding carboxylic acids is 1. The third-order valence-corrected chi connectivity index (χ3v) is 2.46. The molecule has 1 N–H and O–H groups in total. The predicted octanol–water partition coefficient (Wildman–Crippen LogP) is 1.47. The summed E-state index contributed by atoms with van der Waals surface area (Å²) in [5.74, 6) is -3.30. The van der Waals surface area contributed by atoms with Gasteiger partial charge in [0, 0.05) is 26.1 Å². The zero-order valence-corrected chi connectivity index (χ0v) is 9.68. The highest BCUT2D eigenvalue weighted by Gasteiger charge is 2.26. The van der Waals surface area contributed by atoms with E-state index in [9.17, 15) is 14.0 Å². The fourth-order valence-corrected chi connectivity index (χ4v) is 1.45. The second kappa shape index (κ2) is 5.43. The van der Waals surface area contributed by atoms with Crippen LogP contribution >= 0.6 is 0 Å². The first-order chi connectivity index (χ1) is 7.93. The quantitative estimate of drug-likeness (QED) is 0.865. The van der Waals surface area contributed by atoms with Crippen LogP contribution in [0.15, 0.2) is 24.3 Å². The van der Waals surface area contributed by atoms with Crippen LogP contribution in [0.5, 0.6) is 0 Å². The van der Waals surface area contributed by atoms with Crippen molar-refractivity contribution >= 4 is 11.9 Å². The number of carboxylic acid groups (broad SMARTS) is 1. The summed E-state index contributed by atoms with van der Waals surface area (Å²) in [5, 5.41) is 9.04. The number of nitrogens with zero attached hydrogens (tertiary/aromatic N) is 1. The highest BCUT2D eigenvalue weighted by molar-refractivity contribution is 5.85. The number of benzene rings is 1. The number of carboxylic acids is 1. The van der Waals surface area contributed by atoms with Gasteiger partial charge in [-0.25, -0.2) is 4.39 Å². The molecule has 0 heterocycles. The molecule has 1 atom stereocenters. The molecule has 0 bridgehead atoms. The molecule has 1 unspecified atom stereocenters. The molecule has 0 saturated carbocycles. The van der Waals surface area contributed by atoms with E-state index in [1.165, 1.54) is 37.2 Å². The maximum absolute atomic E-state index is 13.5. The molecule has 0 aromatic heterocycles. The van der Waals surface area contributed by atoms with Crippen molar-refractivity contribution in [1.82, 2.24) is 4.90 Å². The van der Waals surface area contributed by atoms with Crippen LogP contribution in [0.3, 0.4) is 0 Å². The smallest absolute Gasteiger partial charge is 0.311 e. The average Bonchev–Trinajstić information content (AvgIpc) is 2.26. The first-order valence-corrected chi connectivity index (χ1v) is 5.11. The fourth-order valence-electron chi connectivity index (χ4n) is 1.45. The minimum Gasteiger partial charge on any atom is -0.481 e. The SMILES string of the molecule is CN(C)C(=O)CC(C(=O)O)c1ccccc1F. The molecule has 4 nitrogen and oxygen atoms in total. The van der Waals surface area contributed by atoms with Crippen LogP contribution in [-0.2, 0) is 9.59 Å². The minimum atomic E-state index is -1.20. The number of hydrogen-bond acceptors (Lipinski definition) is 2. The first-order valence-electron chi connectivity index (χ1n) is 5.11. The lowest BCUT2D eigenvalue weighted by Crippen LogP contribution is -2.26. The Morgan fingerprint density at radius 2 is 1.94 bits per heavy atom. The van der Waals surface area contributed by atoms with E-state index in [0.717, 1.165) is 0 Å². The molecule has 0 aliphatic rings. The molecule has 92 valence electrons. The Bertz CT molecular complexity index is 432.